The van der Waals surface area contributed by atoms with E-state index in [1.165, 1.54) is 0 Å². The van der Waals surface area contributed by atoms with Gasteiger partial charge in [0, 0.05) is 32.1 Å². The van der Waals surface area contributed by atoms with Crippen LogP contribution in [0, 0.1) is 5.92 Å². The Hall–Kier alpha value is -1.30. The minimum atomic E-state index is -0.745. The van der Waals surface area contributed by atoms with Crippen LogP contribution in [0.25, 0.3) is 0 Å². The third kappa shape index (κ3) is 6.33. The molecule has 1 aliphatic rings. The molecule has 1 unspecified atom stereocenters. The number of nitrogens with one attached hydrogen (secondary N) is 1. The highest BCUT2D eigenvalue weighted by molar-refractivity contribution is 5.74. The second kappa shape index (κ2) is 8.87. The summed E-state index contributed by atoms with van der Waals surface area (Å²) < 4.78 is 0. The van der Waals surface area contributed by atoms with Crippen LogP contribution < -0.4 is 5.32 Å². The van der Waals surface area contributed by atoms with Gasteiger partial charge in [-0.3, -0.25) is 4.79 Å². The Labute approximate surface area is 127 Å². The monoisotopic (exact) mass is 299 g/mol. The van der Waals surface area contributed by atoms with E-state index in [9.17, 15) is 9.59 Å². The van der Waals surface area contributed by atoms with Crippen LogP contribution in [0.2, 0.25) is 0 Å². The van der Waals surface area contributed by atoms with Gasteiger partial charge >= 0.3 is 12.0 Å². The van der Waals surface area contributed by atoms with Crippen molar-refractivity contribution in [3.63, 3.8) is 0 Å². The SMILES string of the molecule is CCN(CC)CC(C)NC(=O)N1CCC(CC(=O)O)CC1. The summed E-state index contributed by atoms with van der Waals surface area (Å²) in [5.41, 5.74) is 0. The van der Waals surface area contributed by atoms with Crippen molar-refractivity contribution in [3.05, 3.63) is 0 Å². The van der Waals surface area contributed by atoms with Gasteiger partial charge in [-0.25, -0.2) is 4.79 Å². The molecule has 1 aliphatic heterocycles. The number of likely N-dealkylation sites (tertiary alicyclic amines) is 1. The van der Waals surface area contributed by atoms with Crippen LogP contribution in [0.1, 0.15) is 40.0 Å². The maximum absolute atomic E-state index is 12.2. The molecule has 21 heavy (non-hydrogen) atoms. The van der Waals surface area contributed by atoms with E-state index in [0.717, 1.165) is 32.5 Å². The number of hydrogen-bond donors (Lipinski definition) is 2. The van der Waals surface area contributed by atoms with Crippen LogP contribution >= 0.6 is 0 Å². The van der Waals surface area contributed by atoms with Gasteiger partial charge in [-0.2, -0.15) is 0 Å². The lowest BCUT2D eigenvalue weighted by Gasteiger charge is -2.33. The van der Waals surface area contributed by atoms with E-state index in [-0.39, 0.29) is 24.4 Å². The zero-order valence-electron chi connectivity index (χ0n) is 13.5. The summed E-state index contributed by atoms with van der Waals surface area (Å²) in [6, 6.07) is 0.0950. The highest BCUT2D eigenvalue weighted by Crippen LogP contribution is 2.20. The number of likely N-dealkylation sites (N-methyl/N-ethyl adjacent to an activating group) is 1. The molecule has 1 fully saturated rings. The molecule has 0 saturated carbocycles. The van der Waals surface area contributed by atoms with E-state index < -0.39 is 5.97 Å². The van der Waals surface area contributed by atoms with Gasteiger partial charge in [0.05, 0.1) is 0 Å². The molecule has 1 rings (SSSR count). The summed E-state index contributed by atoms with van der Waals surface area (Å²) >= 11 is 0. The van der Waals surface area contributed by atoms with Crippen molar-refractivity contribution in [2.45, 2.75) is 46.1 Å². The Morgan fingerprint density at radius 1 is 1.29 bits per heavy atom. The lowest BCUT2D eigenvalue weighted by Crippen LogP contribution is -2.50. The summed E-state index contributed by atoms with van der Waals surface area (Å²) in [7, 11) is 0. The average molecular weight is 299 g/mol. The van der Waals surface area contributed by atoms with Crippen molar-refractivity contribution >= 4 is 12.0 Å². The fourth-order valence-corrected chi connectivity index (χ4v) is 2.80. The molecule has 0 aromatic rings. The second-order valence-electron chi connectivity index (χ2n) is 5.86. The number of amides is 2. The van der Waals surface area contributed by atoms with Crippen molar-refractivity contribution in [3.8, 4) is 0 Å². The van der Waals surface area contributed by atoms with E-state index in [2.05, 4.69) is 24.1 Å². The first-order valence-electron chi connectivity index (χ1n) is 7.95. The molecule has 0 spiro atoms. The van der Waals surface area contributed by atoms with Crippen LogP contribution in [0.3, 0.4) is 0 Å². The number of urea groups is 1. The van der Waals surface area contributed by atoms with Crippen molar-refractivity contribution < 1.29 is 14.7 Å². The topological polar surface area (TPSA) is 72.9 Å². The maximum atomic E-state index is 12.2. The Balaban J connectivity index is 2.31. The van der Waals surface area contributed by atoms with E-state index in [4.69, 9.17) is 5.11 Å². The molecule has 2 amide bonds. The molecule has 1 heterocycles. The Morgan fingerprint density at radius 3 is 2.33 bits per heavy atom. The fraction of sp³-hybridized carbons (Fsp3) is 0.867. The van der Waals surface area contributed by atoms with Gasteiger partial charge in [0.25, 0.3) is 0 Å². The van der Waals surface area contributed by atoms with Crippen LogP contribution in [0.5, 0.6) is 0 Å². The first kappa shape index (κ1) is 17.8. The number of piperidine rings is 1. The molecular formula is C15H29N3O3. The molecule has 0 aromatic heterocycles. The molecule has 0 aliphatic carbocycles. The molecule has 1 atom stereocenters. The maximum Gasteiger partial charge on any atom is 0.317 e. The lowest BCUT2D eigenvalue weighted by molar-refractivity contribution is -0.138. The molecule has 1 saturated heterocycles. The van der Waals surface area contributed by atoms with Gasteiger partial charge in [-0.15, -0.1) is 0 Å². The lowest BCUT2D eigenvalue weighted by atomic mass is 9.94. The summed E-state index contributed by atoms with van der Waals surface area (Å²) in [6.07, 6.45) is 1.78. The van der Waals surface area contributed by atoms with Crippen molar-refractivity contribution in [2.24, 2.45) is 5.92 Å². The zero-order chi connectivity index (χ0) is 15.8. The van der Waals surface area contributed by atoms with Gasteiger partial charge in [-0.1, -0.05) is 13.8 Å². The Kier molecular flexibility index (Phi) is 7.50. The summed E-state index contributed by atoms with van der Waals surface area (Å²) in [5, 5.41) is 11.8. The Bertz CT molecular complexity index is 337. The standard InChI is InChI=1S/C15H29N3O3/c1-4-17(5-2)11-12(3)16-15(21)18-8-6-13(7-9-18)10-14(19)20/h12-13H,4-11H2,1-3H3,(H,16,21)(H,19,20). The molecule has 0 aromatic carbocycles. The molecule has 0 bridgehead atoms. The minimum Gasteiger partial charge on any atom is -0.481 e. The van der Waals surface area contributed by atoms with Crippen LogP contribution in [0.15, 0.2) is 0 Å². The number of carboxylic acid groups (broad SMARTS) is 1. The molecular weight excluding hydrogens is 270 g/mol. The third-order valence-electron chi connectivity index (χ3n) is 4.16. The largest absolute Gasteiger partial charge is 0.481 e. The number of carbonyl (C=O) groups excluding carboxylic acids is 1. The summed E-state index contributed by atoms with van der Waals surface area (Å²) in [4.78, 5) is 27.0. The molecule has 122 valence electrons. The van der Waals surface area contributed by atoms with Gasteiger partial charge in [0.1, 0.15) is 0 Å². The van der Waals surface area contributed by atoms with Crippen LogP contribution in [-0.2, 0) is 4.79 Å². The zero-order valence-corrected chi connectivity index (χ0v) is 13.5. The molecule has 6 nitrogen and oxygen atoms in total. The number of aliphatic carboxylic acids is 1. The van der Waals surface area contributed by atoms with Gasteiger partial charge < -0.3 is 20.2 Å². The van der Waals surface area contributed by atoms with E-state index in [1.54, 1.807) is 4.90 Å². The molecule has 6 heteroatoms. The number of carbonyl (C=O) groups is 2. The predicted molar refractivity (Wildman–Crippen MR) is 82.3 cm³/mol. The normalized spacial score (nSPS) is 17.8. The van der Waals surface area contributed by atoms with E-state index in [1.807, 2.05) is 6.92 Å². The van der Waals surface area contributed by atoms with Crippen molar-refractivity contribution in [2.75, 3.05) is 32.7 Å². The fourth-order valence-electron chi connectivity index (χ4n) is 2.80. The summed E-state index contributed by atoms with van der Waals surface area (Å²) in [5.74, 6) is -0.537. The van der Waals surface area contributed by atoms with Crippen molar-refractivity contribution in [1.29, 1.82) is 0 Å². The highest BCUT2D eigenvalue weighted by Gasteiger charge is 2.25. The number of nitrogens with zero attached hydrogens (tertiary/aromatic N) is 2. The highest BCUT2D eigenvalue weighted by atomic mass is 16.4. The number of carboxylic acids is 1. The quantitative estimate of drug-likeness (QED) is 0.749. The number of rotatable bonds is 7. The molecule has 0 radical (unpaired) electrons. The van der Waals surface area contributed by atoms with Crippen molar-refractivity contribution in [1.82, 2.24) is 15.1 Å². The van der Waals surface area contributed by atoms with Gasteiger partial charge in [0.15, 0.2) is 0 Å². The minimum absolute atomic E-state index is 0.0246. The van der Waals surface area contributed by atoms with Gasteiger partial charge in [0.2, 0.25) is 0 Å². The first-order valence-corrected chi connectivity index (χ1v) is 7.95. The van der Waals surface area contributed by atoms with Crippen LogP contribution in [0.4, 0.5) is 4.79 Å². The summed E-state index contributed by atoms with van der Waals surface area (Å²) in [6.45, 7) is 10.4. The van der Waals surface area contributed by atoms with Crippen LogP contribution in [-0.4, -0.2) is 65.7 Å². The number of hydrogen-bond acceptors (Lipinski definition) is 3. The molecule has 2 N–H and O–H groups in total. The first-order chi connectivity index (χ1) is 9.96. The Morgan fingerprint density at radius 2 is 1.86 bits per heavy atom. The average Bonchev–Trinajstić information content (AvgIpc) is 2.44. The van der Waals surface area contributed by atoms with E-state index >= 15 is 0 Å². The predicted octanol–water partition coefficient (Wildman–Crippen LogP) is 1.61. The smallest absolute Gasteiger partial charge is 0.317 e. The second-order valence-corrected chi connectivity index (χ2v) is 5.86. The third-order valence-corrected chi connectivity index (χ3v) is 4.16. The van der Waals surface area contributed by atoms with E-state index in [0.29, 0.717) is 13.1 Å². The van der Waals surface area contributed by atoms with Gasteiger partial charge in [-0.05, 0) is 38.8 Å².